The van der Waals surface area contributed by atoms with Crippen LogP contribution >= 0.6 is 0 Å². The smallest absolute Gasteiger partial charge is 0.290 e. The topological polar surface area (TPSA) is 77.8 Å². The summed E-state index contributed by atoms with van der Waals surface area (Å²) in [5.74, 6) is -0.954. The fraction of sp³-hybridized carbons (Fsp3) is 0.444. The molecule has 0 saturated heterocycles. The summed E-state index contributed by atoms with van der Waals surface area (Å²) < 4.78 is 0. The molecule has 1 fully saturated rings. The van der Waals surface area contributed by atoms with Crippen molar-refractivity contribution in [1.82, 2.24) is 4.90 Å². The van der Waals surface area contributed by atoms with Crippen LogP contribution in [0.25, 0.3) is 0 Å². The van der Waals surface area contributed by atoms with E-state index in [1.165, 1.54) is 12.1 Å². The standard InChI is InChI=1S/C18H21NO4/c1-2-14(21)15-16(11-7-9-13(20)10-8-11)19(18(23)17(15)22)12-5-3-4-6-12/h7-10,12,16,20,22H,2-6H2,1H3. The molecule has 122 valence electrons. The monoisotopic (exact) mass is 315 g/mol. The minimum Gasteiger partial charge on any atom is -0.508 e. The van der Waals surface area contributed by atoms with Gasteiger partial charge in [-0.1, -0.05) is 31.9 Å². The van der Waals surface area contributed by atoms with Gasteiger partial charge in [-0.05, 0) is 30.5 Å². The number of hydrogen-bond donors (Lipinski definition) is 2. The van der Waals surface area contributed by atoms with E-state index in [0.29, 0.717) is 0 Å². The van der Waals surface area contributed by atoms with Crippen molar-refractivity contribution in [3.8, 4) is 5.75 Å². The van der Waals surface area contributed by atoms with Crippen LogP contribution in [0.2, 0.25) is 0 Å². The summed E-state index contributed by atoms with van der Waals surface area (Å²) >= 11 is 0. The summed E-state index contributed by atoms with van der Waals surface area (Å²) in [5.41, 5.74) is 0.930. The molecule has 1 atom stereocenters. The highest BCUT2D eigenvalue weighted by Gasteiger charge is 2.46. The molecule has 1 heterocycles. The number of hydrogen-bond acceptors (Lipinski definition) is 4. The van der Waals surface area contributed by atoms with Gasteiger partial charge in [0, 0.05) is 12.5 Å². The van der Waals surface area contributed by atoms with Crippen LogP contribution in [0.5, 0.6) is 5.75 Å². The Bertz CT molecular complexity index is 656. The number of amides is 1. The van der Waals surface area contributed by atoms with Gasteiger partial charge in [0.05, 0.1) is 11.6 Å². The first-order chi connectivity index (χ1) is 11.0. The lowest BCUT2D eigenvalue weighted by atomic mass is 9.94. The average molecular weight is 315 g/mol. The number of aliphatic hydroxyl groups excluding tert-OH is 1. The lowest BCUT2D eigenvalue weighted by molar-refractivity contribution is -0.131. The van der Waals surface area contributed by atoms with E-state index in [0.717, 1.165) is 31.2 Å². The Hall–Kier alpha value is -2.30. The van der Waals surface area contributed by atoms with Crippen molar-refractivity contribution in [2.24, 2.45) is 0 Å². The first kappa shape index (κ1) is 15.6. The zero-order valence-corrected chi connectivity index (χ0v) is 13.2. The van der Waals surface area contributed by atoms with Gasteiger partial charge in [-0.25, -0.2) is 0 Å². The van der Waals surface area contributed by atoms with E-state index >= 15 is 0 Å². The molecule has 23 heavy (non-hydrogen) atoms. The number of Topliss-reactive ketones (excluding diaryl/α,β-unsaturated/α-hetero) is 1. The number of phenolic OH excluding ortho intramolecular Hbond substituents is 1. The van der Waals surface area contributed by atoms with Crippen molar-refractivity contribution in [3.63, 3.8) is 0 Å². The van der Waals surface area contributed by atoms with Gasteiger partial charge in [-0.3, -0.25) is 9.59 Å². The summed E-state index contributed by atoms with van der Waals surface area (Å²) in [5, 5.41) is 19.8. The van der Waals surface area contributed by atoms with Crippen molar-refractivity contribution in [2.45, 2.75) is 51.1 Å². The van der Waals surface area contributed by atoms with Gasteiger partial charge in [0.1, 0.15) is 5.75 Å². The van der Waals surface area contributed by atoms with Crippen molar-refractivity contribution < 1.29 is 19.8 Å². The number of benzene rings is 1. The summed E-state index contributed by atoms with van der Waals surface area (Å²) in [4.78, 5) is 26.6. The van der Waals surface area contributed by atoms with Crippen LogP contribution in [-0.4, -0.2) is 32.8 Å². The Labute approximate surface area is 135 Å². The summed E-state index contributed by atoms with van der Waals surface area (Å²) in [6.45, 7) is 1.72. The van der Waals surface area contributed by atoms with Crippen LogP contribution in [0.4, 0.5) is 0 Å². The molecule has 0 spiro atoms. The molecular formula is C18H21NO4. The molecule has 5 heteroatoms. The first-order valence-corrected chi connectivity index (χ1v) is 8.12. The molecule has 2 aliphatic rings. The molecule has 1 unspecified atom stereocenters. The minimum atomic E-state index is -0.557. The zero-order valence-electron chi connectivity index (χ0n) is 13.2. The van der Waals surface area contributed by atoms with Crippen molar-refractivity contribution >= 4 is 11.7 Å². The normalized spacial score (nSPS) is 22.2. The van der Waals surface area contributed by atoms with Crippen LogP contribution in [0.15, 0.2) is 35.6 Å². The van der Waals surface area contributed by atoms with E-state index in [1.807, 2.05) is 0 Å². The van der Waals surface area contributed by atoms with E-state index in [1.54, 1.807) is 24.0 Å². The maximum atomic E-state index is 12.6. The molecule has 0 aromatic heterocycles. The first-order valence-electron chi connectivity index (χ1n) is 8.12. The third-order valence-corrected chi connectivity index (χ3v) is 4.79. The number of aliphatic hydroxyl groups is 1. The van der Waals surface area contributed by atoms with E-state index in [4.69, 9.17) is 0 Å². The van der Waals surface area contributed by atoms with Crippen LogP contribution in [-0.2, 0) is 9.59 Å². The van der Waals surface area contributed by atoms with Crippen molar-refractivity contribution in [2.75, 3.05) is 0 Å². The Kier molecular flexibility index (Phi) is 4.11. The number of ketones is 1. The van der Waals surface area contributed by atoms with Crippen LogP contribution in [0.1, 0.15) is 50.6 Å². The quantitative estimate of drug-likeness (QED) is 0.895. The molecule has 1 aromatic rings. The predicted octanol–water partition coefficient (Wildman–Crippen LogP) is 3.01. The van der Waals surface area contributed by atoms with Gasteiger partial charge in [0.2, 0.25) is 0 Å². The zero-order chi connectivity index (χ0) is 16.6. The number of carbonyl (C=O) groups excluding carboxylic acids is 2. The van der Waals surface area contributed by atoms with Gasteiger partial charge in [-0.2, -0.15) is 0 Å². The Morgan fingerprint density at radius 1 is 1.17 bits per heavy atom. The third-order valence-electron chi connectivity index (χ3n) is 4.79. The predicted molar refractivity (Wildman–Crippen MR) is 84.9 cm³/mol. The highest BCUT2D eigenvalue weighted by molar-refractivity contribution is 6.09. The molecule has 5 nitrogen and oxygen atoms in total. The van der Waals surface area contributed by atoms with E-state index in [2.05, 4.69) is 0 Å². The molecule has 3 rings (SSSR count). The highest BCUT2D eigenvalue weighted by Crippen LogP contribution is 2.42. The molecule has 1 amide bonds. The van der Waals surface area contributed by atoms with E-state index in [9.17, 15) is 19.8 Å². The second-order valence-corrected chi connectivity index (χ2v) is 6.18. The fourth-order valence-electron chi connectivity index (χ4n) is 3.64. The van der Waals surface area contributed by atoms with Gasteiger partial charge in [0.15, 0.2) is 11.5 Å². The molecule has 0 bridgehead atoms. The van der Waals surface area contributed by atoms with Gasteiger partial charge >= 0.3 is 0 Å². The molecule has 1 saturated carbocycles. The van der Waals surface area contributed by atoms with Gasteiger partial charge < -0.3 is 15.1 Å². The number of rotatable bonds is 4. The largest absolute Gasteiger partial charge is 0.508 e. The van der Waals surface area contributed by atoms with Crippen molar-refractivity contribution in [3.05, 3.63) is 41.2 Å². The number of aromatic hydroxyl groups is 1. The van der Waals surface area contributed by atoms with E-state index < -0.39 is 17.7 Å². The lowest BCUT2D eigenvalue weighted by Gasteiger charge is -2.32. The van der Waals surface area contributed by atoms with Crippen LogP contribution < -0.4 is 0 Å². The minimum absolute atomic E-state index is 0.0469. The summed E-state index contributed by atoms with van der Waals surface area (Å²) in [7, 11) is 0. The number of carbonyl (C=O) groups is 2. The molecule has 1 aliphatic carbocycles. The van der Waals surface area contributed by atoms with Gasteiger partial charge in [0.25, 0.3) is 5.91 Å². The van der Waals surface area contributed by atoms with Crippen LogP contribution in [0.3, 0.4) is 0 Å². The Balaban J connectivity index is 2.07. The van der Waals surface area contributed by atoms with E-state index in [-0.39, 0.29) is 29.6 Å². The SMILES string of the molecule is CCC(=O)C1=C(O)C(=O)N(C2CCCC2)C1c1ccc(O)cc1. The summed E-state index contributed by atoms with van der Waals surface area (Å²) in [6, 6.07) is 5.98. The summed E-state index contributed by atoms with van der Waals surface area (Å²) in [6.07, 6.45) is 4.12. The maximum Gasteiger partial charge on any atom is 0.290 e. The molecular weight excluding hydrogens is 294 g/mol. The number of phenols is 1. The fourth-order valence-corrected chi connectivity index (χ4v) is 3.64. The lowest BCUT2D eigenvalue weighted by Crippen LogP contribution is -2.38. The average Bonchev–Trinajstić information content (AvgIpc) is 3.15. The highest BCUT2D eigenvalue weighted by atomic mass is 16.3. The Morgan fingerprint density at radius 2 is 1.78 bits per heavy atom. The second-order valence-electron chi connectivity index (χ2n) is 6.18. The van der Waals surface area contributed by atoms with Crippen molar-refractivity contribution in [1.29, 1.82) is 0 Å². The second kappa shape index (κ2) is 6.07. The maximum absolute atomic E-state index is 12.6. The molecule has 1 aromatic carbocycles. The van der Waals surface area contributed by atoms with Gasteiger partial charge in [-0.15, -0.1) is 0 Å². The molecule has 0 radical (unpaired) electrons. The third kappa shape index (κ3) is 2.60. The molecule has 2 N–H and O–H groups in total. The van der Waals surface area contributed by atoms with Crippen LogP contribution in [0, 0.1) is 0 Å². The molecule has 1 aliphatic heterocycles. The number of nitrogens with zero attached hydrogens (tertiary/aromatic N) is 1. The Morgan fingerprint density at radius 3 is 2.35 bits per heavy atom.